The van der Waals surface area contributed by atoms with Gasteiger partial charge < -0.3 is 10.2 Å². The first-order valence-corrected chi connectivity index (χ1v) is 6.90. The first-order valence-electron chi connectivity index (χ1n) is 6.90. The highest BCUT2D eigenvalue weighted by molar-refractivity contribution is 5.85. The number of alkyl halides is 3. The number of nitrogens with zero attached hydrogens (tertiary/aromatic N) is 1. The third kappa shape index (κ3) is 2.35. The molecule has 0 radical (unpaired) electrons. The summed E-state index contributed by atoms with van der Waals surface area (Å²) in [6, 6.07) is -0.202. The van der Waals surface area contributed by atoms with Gasteiger partial charge in [-0.25, -0.2) is 0 Å². The van der Waals surface area contributed by atoms with E-state index < -0.39 is 17.5 Å². The molecule has 1 amide bonds. The maximum Gasteiger partial charge on any atom is 0.404 e. The van der Waals surface area contributed by atoms with Crippen LogP contribution in [0.3, 0.4) is 0 Å². The van der Waals surface area contributed by atoms with Crippen LogP contribution in [0.4, 0.5) is 13.2 Å². The summed E-state index contributed by atoms with van der Waals surface area (Å²) < 4.78 is 40.2. The smallest absolute Gasteiger partial charge is 0.336 e. The molecule has 2 heterocycles. The Bertz CT molecular complexity index is 340. The van der Waals surface area contributed by atoms with Gasteiger partial charge in [0.05, 0.1) is 0 Å². The number of likely N-dealkylation sites (tertiary alicyclic amines) is 1. The summed E-state index contributed by atoms with van der Waals surface area (Å²) in [5, 5.41) is 2.70. The number of carbonyl (C=O) groups is 1. The van der Waals surface area contributed by atoms with Gasteiger partial charge in [0.2, 0.25) is 5.91 Å². The van der Waals surface area contributed by atoms with Crippen molar-refractivity contribution in [2.75, 3.05) is 13.1 Å². The van der Waals surface area contributed by atoms with E-state index in [1.54, 1.807) is 0 Å². The molecule has 1 N–H and O–H groups in total. The van der Waals surface area contributed by atoms with Crippen LogP contribution in [-0.4, -0.2) is 42.2 Å². The molecule has 2 fully saturated rings. The quantitative estimate of drug-likeness (QED) is 0.798. The SMILES string of the molecule is C[C@@H]1CCC[C@H](C)N1C(=O)C1(C(F)(F)F)CCNC1. The third-order valence-corrected chi connectivity index (χ3v) is 4.54. The van der Waals surface area contributed by atoms with Crippen LogP contribution >= 0.6 is 0 Å². The summed E-state index contributed by atoms with van der Waals surface area (Å²) in [6.45, 7) is 3.66. The maximum atomic E-state index is 13.4. The average Bonchev–Trinajstić information content (AvgIpc) is 2.77. The van der Waals surface area contributed by atoms with Gasteiger partial charge in [0.1, 0.15) is 0 Å². The molecular formula is C13H21F3N2O. The fraction of sp³-hybridized carbons (Fsp3) is 0.923. The fourth-order valence-electron chi connectivity index (χ4n) is 3.31. The van der Waals surface area contributed by atoms with Crippen LogP contribution < -0.4 is 5.32 Å². The molecule has 0 bridgehead atoms. The maximum absolute atomic E-state index is 13.4. The van der Waals surface area contributed by atoms with Gasteiger partial charge in [0, 0.05) is 18.6 Å². The number of hydrogen-bond acceptors (Lipinski definition) is 2. The second kappa shape index (κ2) is 4.96. The van der Waals surface area contributed by atoms with Crippen LogP contribution in [0.5, 0.6) is 0 Å². The highest BCUT2D eigenvalue weighted by atomic mass is 19.4. The van der Waals surface area contributed by atoms with Crippen molar-refractivity contribution in [3.8, 4) is 0 Å². The molecule has 3 atom stereocenters. The fourth-order valence-corrected chi connectivity index (χ4v) is 3.31. The number of halogens is 3. The van der Waals surface area contributed by atoms with Gasteiger partial charge in [-0.3, -0.25) is 4.79 Å². The van der Waals surface area contributed by atoms with E-state index in [2.05, 4.69) is 5.32 Å². The standard InChI is InChI=1S/C13H21F3N2O/c1-9-4-3-5-10(2)18(9)11(19)12(13(14,15)16)6-7-17-8-12/h9-10,17H,3-8H2,1-2H3/t9-,10+,12?. The van der Waals surface area contributed by atoms with E-state index in [9.17, 15) is 18.0 Å². The monoisotopic (exact) mass is 278 g/mol. The van der Waals surface area contributed by atoms with Crippen LogP contribution in [0.25, 0.3) is 0 Å². The largest absolute Gasteiger partial charge is 0.404 e. The molecule has 1 unspecified atom stereocenters. The highest BCUT2D eigenvalue weighted by Gasteiger charge is 2.63. The summed E-state index contributed by atoms with van der Waals surface area (Å²) in [5.74, 6) is -0.732. The van der Waals surface area contributed by atoms with E-state index in [0.717, 1.165) is 19.3 Å². The molecule has 19 heavy (non-hydrogen) atoms. The Morgan fingerprint density at radius 1 is 1.26 bits per heavy atom. The van der Waals surface area contributed by atoms with Gasteiger partial charge in [-0.15, -0.1) is 0 Å². The predicted molar refractivity (Wildman–Crippen MR) is 65.6 cm³/mol. The van der Waals surface area contributed by atoms with Crippen LogP contribution in [0.1, 0.15) is 39.5 Å². The zero-order valence-corrected chi connectivity index (χ0v) is 11.4. The molecule has 2 saturated heterocycles. The molecule has 0 aliphatic carbocycles. The number of rotatable bonds is 1. The molecule has 0 spiro atoms. The third-order valence-electron chi connectivity index (χ3n) is 4.54. The van der Waals surface area contributed by atoms with Gasteiger partial charge >= 0.3 is 6.18 Å². The normalized spacial score (nSPS) is 36.6. The van der Waals surface area contributed by atoms with Gasteiger partial charge in [-0.2, -0.15) is 13.2 Å². The van der Waals surface area contributed by atoms with Crippen LogP contribution in [0, 0.1) is 5.41 Å². The van der Waals surface area contributed by atoms with Crippen LogP contribution in [0.15, 0.2) is 0 Å². The molecule has 0 aromatic carbocycles. The van der Waals surface area contributed by atoms with E-state index in [1.165, 1.54) is 4.90 Å². The first kappa shape index (κ1) is 14.6. The van der Waals surface area contributed by atoms with Gasteiger partial charge in [0.15, 0.2) is 5.41 Å². The Hall–Kier alpha value is -0.780. The van der Waals surface area contributed by atoms with Crippen LogP contribution in [-0.2, 0) is 4.79 Å². The van der Waals surface area contributed by atoms with Crippen molar-refractivity contribution in [3.05, 3.63) is 0 Å². The van der Waals surface area contributed by atoms with Crippen molar-refractivity contribution in [3.63, 3.8) is 0 Å². The van der Waals surface area contributed by atoms with Gasteiger partial charge in [-0.05, 0) is 46.1 Å². The number of carbonyl (C=O) groups excluding carboxylic acids is 1. The number of piperidine rings is 1. The topological polar surface area (TPSA) is 32.3 Å². The van der Waals surface area contributed by atoms with Crippen LogP contribution in [0.2, 0.25) is 0 Å². The lowest BCUT2D eigenvalue weighted by Crippen LogP contribution is -2.59. The van der Waals surface area contributed by atoms with E-state index in [0.29, 0.717) is 0 Å². The Balaban J connectivity index is 2.29. The first-order chi connectivity index (χ1) is 8.79. The lowest BCUT2D eigenvalue weighted by molar-refractivity contribution is -0.224. The number of hydrogen-bond donors (Lipinski definition) is 1. The summed E-state index contributed by atoms with van der Waals surface area (Å²) in [6.07, 6.45) is -2.08. The minimum absolute atomic E-state index is 0.101. The lowest BCUT2D eigenvalue weighted by atomic mass is 9.82. The molecular weight excluding hydrogens is 257 g/mol. The van der Waals surface area contributed by atoms with Crippen molar-refractivity contribution < 1.29 is 18.0 Å². The highest BCUT2D eigenvalue weighted by Crippen LogP contribution is 2.45. The number of amides is 1. The van der Waals surface area contributed by atoms with E-state index in [4.69, 9.17) is 0 Å². The van der Waals surface area contributed by atoms with Crippen molar-refractivity contribution in [2.24, 2.45) is 5.41 Å². The zero-order chi connectivity index (χ0) is 14.3. The Morgan fingerprint density at radius 3 is 2.26 bits per heavy atom. The van der Waals surface area contributed by atoms with Crippen molar-refractivity contribution in [2.45, 2.75) is 57.8 Å². The van der Waals surface area contributed by atoms with E-state index in [-0.39, 0.29) is 31.6 Å². The van der Waals surface area contributed by atoms with Gasteiger partial charge in [0.25, 0.3) is 0 Å². The predicted octanol–water partition coefficient (Wildman–Crippen LogP) is 2.32. The average molecular weight is 278 g/mol. The molecule has 2 aliphatic heterocycles. The summed E-state index contributed by atoms with van der Waals surface area (Å²) in [5.41, 5.74) is -2.22. The molecule has 2 rings (SSSR count). The van der Waals surface area contributed by atoms with E-state index in [1.807, 2.05) is 13.8 Å². The second-order valence-corrected chi connectivity index (χ2v) is 5.85. The minimum Gasteiger partial charge on any atom is -0.336 e. The molecule has 0 aromatic rings. The molecule has 110 valence electrons. The zero-order valence-electron chi connectivity index (χ0n) is 11.4. The Morgan fingerprint density at radius 2 is 1.84 bits per heavy atom. The lowest BCUT2D eigenvalue weighted by Gasteiger charge is -2.44. The minimum atomic E-state index is -4.48. The Kier molecular flexibility index (Phi) is 3.82. The summed E-state index contributed by atoms with van der Waals surface area (Å²) in [7, 11) is 0. The Labute approximate surface area is 111 Å². The summed E-state index contributed by atoms with van der Waals surface area (Å²) >= 11 is 0. The second-order valence-electron chi connectivity index (χ2n) is 5.85. The number of nitrogens with one attached hydrogen (secondary N) is 1. The van der Waals surface area contributed by atoms with Crippen molar-refractivity contribution in [1.29, 1.82) is 0 Å². The molecule has 2 aliphatic rings. The molecule has 6 heteroatoms. The molecule has 0 aromatic heterocycles. The van der Waals surface area contributed by atoms with Gasteiger partial charge in [-0.1, -0.05) is 0 Å². The molecule has 0 saturated carbocycles. The van der Waals surface area contributed by atoms with Crippen molar-refractivity contribution in [1.82, 2.24) is 10.2 Å². The van der Waals surface area contributed by atoms with E-state index >= 15 is 0 Å². The van der Waals surface area contributed by atoms with Crippen molar-refractivity contribution >= 4 is 5.91 Å². The molecule has 3 nitrogen and oxygen atoms in total. The summed E-state index contributed by atoms with van der Waals surface area (Å²) in [4.78, 5) is 14.0.